The molecule has 164 valence electrons. The molecule has 1 aromatic carbocycles. The molecule has 3 heterocycles. The quantitative estimate of drug-likeness (QED) is 0.371. The van der Waals surface area contributed by atoms with Crippen molar-refractivity contribution in [3.05, 3.63) is 52.1 Å². The number of nitrogens with zero attached hydrogens (tertiary/aromatic N) is 4. The zero-order valence-corrected chi connectivity index (χ0v) is 19.0. The summed E-state index contributed by atoms with van der Waals surface area (Å²) >= 11 is 1.34. The second-order valence-corrected chi connectivity index (χ2v) is 8.90. The maximum absolute atomic E-state index is 12.9. The van der Waals surface area contributed by atoms with E-state index in [1.807, 2.05) is 38.1 Å². The lowest BCUT2D eigenvalue weighted by Gasteiger charge is -2.08. The van der Waals surface area contributed by atoms with Gasteiger partial charge in [0.15, 0.2) is 6.10 Å². The van der Waals surface area contributed by atoms with Crippen LogP contribution in [0.5, 0.6) is 5.75 Å². The molecule has 3 aromatic heterocycles. The molecule has 0 saturated heterocycles. The second-order valence-electron chi connectivity index (χ2n) is 7.90. The number of fused-ring (bicyclic) bond motifs is 1. The minimum atomic E-state index is -0.694. The highest BCUT2D eigenvalue weighted by atomic mass is 32.1. The summed E-state index contributed by atoms with van der Waals surface area (Å²) in [4.78, 5) is 23.6. The Morgan fingerprint density at radius 1 is 1.16 bits per heavy atom. The van der Waals surface area contributed by atoms with Crippen LogP contribution in [0.3, 0.4) is 0 Å². The Bertz CT molecular complexity index is 1310. The molecule has 0 amide bonds. The summed E-state index contributed by atoms with van der Waals surface area (Å²) in [5, 5.41) is 9.06. The normalized spacial score (nSPS) is 14.5. The maximum Gasteiger partial charge on any atom is 0.349 e. The largest absolute Gasteiger partial charge is 0.497 e. The van der Waals surface area contributed by atoms with Crippen LogP contribution in [0.25, 0.3) is 21.7 Å². The third kappa shape index (κ3) is 3.73. The Kier molecular flexibility index (Phi) is 5.13. The van der Waals surface area contributed by atoms with Crippen molar-refractivity contribution in [3.63, 3.8) is 0 Å². The maximum atomic E-state index is 12.9. The van der Waals surface area contributed by atoms with Crippen molar-refractivity contribution in [2.24, 2.45) is 0 Å². The highest BCUT2D eigenvalue weighted by molar-refractivity contribution is 7.20. The number of hydrogen-bond acceptors (Lipinski definition) is 9. The van der Waals surface area contributed by atoms with Gasteiger partial charge in [0.25, 0.3) is 5.89 Å². The molecular formula is C23H22N4O4S. The van der Waals surface area contributed by atoms with Gasteiger partial charge >= 0.3 is 5.97 Å². The lowest BCUT2D eigenvalue weighted by molar-refractivity contribution is 0.0285. The zero-order chi connectivity index (χ0) is 22.4. The molecule has 0 spiro atoms. The SMILES string of the molecule is COc1ccc(-c2nnc(C(C)OC(=O)c3sc4nc(C5CC5)nc(C)c4c3C)o2)cc1. The van der Waals surface area contributed by atoms with E-state index in [4.69, 9.17) is 18.9 Å². The van der Waals surface area contributed by atoms with E-state index >= 15 is 0 Å². The number of methoxy groups -OCH3 is 1. The Balaban J connectivity index is 1.35. The van der Waals surface area contributed by atoms with E-state index in [1.165, 1.54) is 11.3 Å². The van der Waals surface area contributed by atoms with E-state index in [2.05, 4.69) is 15.2 Å². The first-order valence-electron chi connectivity index (χ1n) is 10.4. The summed E-state index contributed by atoms with van der Waals surface area (Å²) in [5.74, 6) is 2.21. The summed E-state index contributed by atoms with van der Waals surface area (Å²) in [6.45, 7) is 5.58. The molecule has 5 rings (SSSR count). The van der Waals surface area contributed by atoms with Gasteiger partial charge in [-0.15, -0.1) is 21.5 Å². The van der Waals surface area contributed by atoms with E-state index in [0.29, 0.717) is 16.7 Å². The van der Waals surface area contributed by atoms with Crippen molar-refractivity contribution in [3.8, 4) is 17.2 Å². The molecule has 9 heteroatoms. The van der Waals surface area contributed by atoms with Gasteiger partial charge in [-0.2, -0.15) is 0 Å². The van der Waals surface area contributed by atoms with Crippen LogP contribution in [0.1, 0.15) is 64.4 Å². The molecule has 1 aliphatic carbocycles. The smallest absolute Gasteiger partial charge is 0.349 e. The molecule has 0 bridgehead atoms. The van der Waals surface area contributed by atoms with E-state index in [9.17, 15) is 4.79 Å². The van der Waals surface area contributed by atoms with Gasteiger partial charge in [0.1, 0.15) is 21.3 Å². The number of esters is 1. The fourth-order valence-corrected chi connectivity index (χ4v) is 4.71. The number of hydrogen-bond donors (Lipinski definition) is 0. The molecular weight excluding hydrogens is 428 g/mol. The first kappa shape index (κ1) is 20.6. The molecule has 0 aliphatic heterocycles. The topological polar surface area (TPSA) is 100 Å². The fraction of sp³-hybridized carbons (Fsp3) is 0.348. The van der Waals surface area contributed by atoms with Gasteiger partial charge in [-0.1, -0.05) is 0 Å². The predicted octanol–water partition coefficient (Wildman–Crippen LogP) is 5.16. The molecule has 1 saturated carbocycles. The number of thiophene rings is 1. The van der Waals surface area contributed by atoms with Crippen LogP contribution in [-0.4, -0.2) is 33.2 Å². The summed E-state index contributed by atoms with van der Waals surface area (Å²) in [6.07, 6.45) is 1.57. The summed E-state index contributed by atoms with van der Waals surface area (Å²) in [7, 11) is 1.61. The molecule has 1 unspecified atom stereocenters. The number of rotatable bonds is 6. The van der Waals surface area contributed by atoms with Gasteiger partial charge in [-0.05, 0) is 63.4 Å². The van der Waals surface area contributed by atoms with E-state index in [0.717, 1.165) is 51.5 Å². The molecule has 32 heavy (non-hydrogen) atoms. The lowest BCUT2D eigenvalue weighted by Crippen LogP contribution is -2.09. The van der Waals surface area contributed by atoms with Gasteiger partial charge in [0.2, 0.25) is 5.89 Å². The summed E-state index contributed by atoms with van der Waals surface area (Å²) in [6, 6.07) is 7.28. The Labute approximate surface area is 188 Å². The molecule has 0 radical (unpaired) electrons. The summed E-state index contributed by atoms with van der Waals surface area (Å²) in [5.41, 5.74) is 2.49. The highest BCUT2D eigenvalue weighted by Gasteiger charge is 2.29. The minimum Gasteiger partial charge on any atom is -0.497 e. The van der Waals surface area contributed by atoms with Crippen LogP contribution in [-0.2, 0) is 4.74 Å². The number of benzene rings is 1. The Morgan fingerprint density at radius 3 is 2.59 bits per heavy atom. The van der Waals surface area contributed by atoms with Gasteiger partial charge in [-0.25, -0.2) is 14.8 Å². The third-order valence-corrected chi connectivity index (χ3v) is 6.69. The number of aromatic nitrogens is 4. The van der Waals surface area contributed by atoms with Gasteiger partial charge in [0.05, 0.1) is 12.8 Å². The molecule has 1 atom stereocenters. The van der Waals surface area contributed by atoms with Crippen molar-refractivity contribution >= 4 is 27.5 Å². The van der Waals surface area contributed by atoms with E-state index in [1.54, 1.807) is 14.0 Å². The lowest BCUT2D eigenvalue weighted by atomic mass is 10.1. The molecule has 0 N–H and O–H groups in total. The average Bonchev–Trinajstić information content (AvgIpc) is 3.42. The highest BCUT2D eigenvalue weighted by Crippen LogP contribution is 2.40. The standard InChI is InChI=1S/C23H22N4O4S/c1-11-17-12(2)24-19(14-5-6-14)25-22(17)32-18(11)23(28)30-13(3)20-26-27-21(31-20)15-7-9-16(29-4)10-8-15/h7-10,13-14H,5-6H2,1-4H3. The van der Waals surface area contributed by atoms with Gasteiger partial charge in [-0.3, -0.25) is 0 Å². The van der Waals surface area contributed by atoms with Crippen molar-refractivity contribution in [2.45, 2.75) is 45.6 Å². The first-order chi connectivity index (χ1) is 15.4. The van der Waals surface area contributed by atoms with Gasteiger partial charge < -0.3 is 13.9 Å². The van der Waals surface area contributed by atoms with Crippen LogP contribution in [0.4, 0.5) is 0 Å². The van der Waals surface area contributed by atoms with Crippen LogP contribution < -0.4 is 4.74 Å². The zero-order valence-electron chi connectivity index (χ0n) is 18.2. The third-order valence-electron chi connectivity index (χ3n) is 5.53. The van der Waals surface area contributed by atoms with Crippen LogP contribution in [0.15, 0.2) is 28.7 Å². The number of carbonyl (C=O) groups is 1. The average molecular weight is 451 g/mol. The van der Waals surface area contributed by atoms with Crippen molar-refractivity contribution in [1.29, 1.82) is 0 Å². The minimum absolute atomic E-state index is 0.231. The molecule has 1 aliphatic rings. The van der Waals surface area contributed by atoms with Crippen molar-refractivity contribution in [2.75, 3.05) is 7.11 Å². The van der Waals surface area contributed by atoms with Crippen molar-refractivity contribution < 1.29 is 18.7 Å². The summed E-state index contributed by atoms with van der Waals surface area (Å²) < 4.78 is 16.6. The van der Waals surface area contributed by atoms with Crippen LogP contribution >= 0.6 is 11.3 Å². The van der Waals surface area contributed by atoms with Crippen molar-refractivity contribution in [1.82, 2.24) is 20.2 Å². The monoisotopic (exact) mass is 450 g/mol. The molecule has 8 nitrogen and oxygen atoms in total. The Hall–Kier alpha value is -3.33. The fourth-order valence-electron chi connectivity index (χ4n) is 3.59. The number of carbonyl (C=O) groups excluding carboxylic acids is 1. The first-order valence-corrected chi connectivity index (χ1v) is 11.2. The Morgan fingerprint density at radius 2 is 1.91 bits per heavy atom. The van der Waals surface area contributed by atoms with Crippen LogP contribution in [0, 0.1) is 13.8 Å². The molecule has 1 fully saturated rings. The second kappa shape index (κ2) is 7.98. The number of aryl methyl sites for hydroxylation is 2. The molecule has 4 aromatic rings. The van der Waals surface area contributed by atoms with Gasteiger partial charge in [0, 0.05) is 16.9 Å². The predicted molar refractivity (Wildman–Crippen MR) is 119 cm³/mol. The van der Waals surface area contributed by atoms with E-state index in [-0.39, 0.29) is 5.89 Å². The van der Waals surface area contributed by atoms with E-state index < -0.39 is 12.1 Å². The van der Waals surface area contributed by atoms with Crippen LogP contribution in [0.2, 0.25) is 0 Å². The number of ether oxygens (including phenoxy) is 2.